The second-order valence-corrected chi connectivity index (χ2v) is 8.39. The molecule has 3 rings (SSSR count). The molecule has 9 heteroatoms. The number of carbonyl (C=O) groups is 1. The fraction of sp³-hybridized carbons (Fsp3) is 0.375. The number of benzene rings is 1. The first-order chi connectivity index (χ1) is 16.0. The van der Waals surface area contributed by atoms with Crippen LogP contribution in [0.1, 0.15) is 18.9 Å². The molecule has 0 spiro atoms. The molecule has 1 aromatic carbocycles. The molecule has 8 nitrogen and oxygen atoms in total. The van der Waals surface area contributed by atoms with E-state index in [2.05, 4.69) is 33.8 Å². The van der Waals surface area contributed by atoms with Crippen LogP contribution in [0.25, 0.3) is 11.5 Å². The van der Waals surface area contributed by atoms with E-state index in [-0.39, 0.29) is 10.2 Å². The average Bonchev–Trinajstić information content (AvgIpc) is 3.12. The molecule has 172 valence electrons. The standard InChI is InChI=1S/C24H26N4O4S/c1-2-28-22(16-19(17-25)24(30)31)33-21(23(28)29)8-9-26-20-7-3-5-18(15-20)6-4-10-27-11-13-32-14-12-27/h3,5,7,9,15,26H,2,4,6,10-14H2,1H3,(H,30,31). The molecule has 2 N–H and O–H groups in total. The molecule has 1 aliphatic heterocycles. The molecule has 0 atom stereocenters. The second kappa shape index (κ2) is 12.0. The highest BCUT2D eigenvalue weighted by atomic mass is 32.1. The third-order valence-corrected chi connectivity index (χ3v) is 6.18. The normalized spacial score (nSPS) is 13.5. The van der Waals surface area contributed by atoms with Crippen molar-refractivity contribution in [2.45, 2.75) is 26.3 Å². The van der Waals surface area contributed by atoms with Crippen LogP contribution in [0.3, 0.4) is 0 Å². The number of nitrogens with one attached hydrogen (secondary N) is 1. The maximum atomic E-state index is 12.6. The molecule has 1 saturated heterocycles. The summed E-state index contributed by atoms with van der Waals surface area (Å²) in [4.78, 5) is 26.1. The zero-order valence-corrected chi connectivity index (χ0v) is 19.3. The Morgan fingerprint density at radius 1 is 1.36 bits per heavy atom. The van der Waals surface area contributed by atoms with Gasteiger partial charge >= 0.3 is 5.97 Å². The molecular formula is C24H26N4O4S. The molecule has 1 aliphatic rings. The molecule has 2 heterocycles. The number of carboxylic acid groups (broad SMARTS) is 1. The van der Waals surface area contributed by atoms with Crippen LogP contribution in [0.2, 0.25) is 0 Å². The number of hydrogen-bond donors (Lipinski definition) is 2. The molecule has 0 bridgehead atoms. The van der Waals surface area contributed by atoms with Crippen LogP contribution in [0.4, 0.5) is 5.69 Å². The van der Waals surface area contributed by atoms with Crippen LogP contribution >= 0.6 is 11.3 Å². The van der Waals surface area contributed by atoms with E-state index in [0.717, 1.165) is 62.7 Å². The third-order valence-electron chi connectivity index (χ3n) is 5.17. The fourth-order valence-corrected chi connectivity index (χ4v) is 4.43. The lowest BCUT2D eigenvalue weighted by Crippen LogP contribution is -2.36. The van der Waals surface area contributed by atoms with Gasteiger partial charge in [0, 0.05) is 31.5 Å². The molecular weight excluding hydrogens is 440 g/mol. The van der Waals surface area contributed by atoms with Gasteiger partial charge in [-0.25, -0.2) is 4.79 Å². The number of nitriles is 1. The van der Waals surface area contributed by atoms with E-state index < -0.39 is 11.5 Å². The van der Waals surface area contributed by atoms with Crippen molar-refractivity contribution in [1.82, 2.24) is 9.47 Å². The summed E-state index contributed by atoms with van der Waals surface area (Å²) in [6.07, 6.45) is 3.61. The molecule has 33 heavy (non-hydrogen) atoms. The van der Waals surface area contributed by atoms with E-state index in [0.29, 0.717) is 11.1 Å². The van der Waals surface area contributed by atoms with Crippen LogP contribution in [0.15, 0.2) is 40.8 Å². The summed E-state index contributed by atoms with van der Waals surface area (Å²) in [6.45, 7) is 6.76. The lowest BCUT2D eigenvalue weighted by molar-refractivity contribution is -0.132. The van der Waals surface area contributed by atoms with Crippen molar-refractivity contribution in [3.05, 3.63) is 61.2 Å². The SMILES string of the molecule is CCn1c(=C=C(C#N)C(=O)O)sc(=C=CNc2cccc(CCCN3CCOCC3)c2)c1=O. The highest BCUT2D eigenvalue weighted by molar-refractivity contribution is 7.07. The molecule has 1 fully saturated rings. The Morgan fingerprint density at radius 3 is 2.85 bits per heavy atom. The Hall–Kier alpha value is -3.37. The van der Waals surface area contributed by atoms with Gasteiger partial charge in [0.05, 0.1) is 13.2 Å². The zero-order valence-electron chi connectivity index (χ0n) is 18.5. The summed E-state index contributed by atoms with van der Waals surface area (Å²) >= 11 is 1.04. The number of aliphatic carboxylic acids is 1. The molecule has 0 amide bonds. The monoisotopic (exact) mass is 466 g/mol. The van der Waals surface area contributed by atoms with E-state index in [1.165, 1.54) is 10.1 Å². The van der Waals surface area contributed by atoms with Crippen LogP contribution in [-0.2, 0) is 22.5 Å². The first-order valence-electron chi connectivity index (χ1n) is 10.8. The molecule has 0 aliphatic carbocycles. The van der Waals surface area contributed by atoms with Crippen molar-refractivity contribution in [3.63, 3.8) is 0 Å². The number of morpholine rings is 1. The molecule has 0 radical (unpaired) electrons. The van der Waals surface area contributed by atoms with Crippen LogP contribution < -0.4 is 20.1 Å². The van der Waals surface area contributed by atoms with Gasteiger partial charge in [0.1, 0.15) is 15.3 Å². The lowest BCUT2D eigenvalue weighted by atomic mass is 10.1. The van der Waals surface area contributed by atoms with Gasteiger partial charge in [-0.1, -0.05) is 34.9 Å². The molecule has 2 aromatic rings. The van der Waals surface area contributed by atoms with Crippen molar-refractivity contribution in [1.29, 1.82) is 5.26 Å². The number of hydrogen-bond acceptors (Lipinski definition) is 7. The first kappa shape index (κ1) is 24.3. The summed E-state index contributed by atoms with van der Waals surface area (Å²) in [5.41, 5.74) is 6.73. The van der Waals surface area contributed by atoms with E-state index in [9.17, 15) is 9.59 Å². The Morgan fingerprint density at radius 2 is 2.15 bits per heavy atom. The van der Waals surface area contributed by atoms with Gasteiger partial charge in [0.15, 0.2) is 5.57 Å². The van der Waals surface area contributed by atoms with E-state index in [1.54, 1.807) is 19.2 Å². The minimum Gasteiger partial charge on any atom is -0.477 e. The van der Waals surface area contributed by atoms with Crippen molar-refractivity contribution < 1.29 is 14.6 Å². The van der Waals surface area contributed by atoms with Crippen LogP contribution in [0, 0.1) is 11.3 Å². The van der Waals surface area contributed by atoms with Gasteiger partial charge in [0.2, 0.25) is 0 Å². The van der Waals surface area contributed by atoms with E-state index in [1.807, 2.05) is 12.1 Å². The van der Waals surface area contributed by atoms with E-state index in [4.69, 9.17) is 15.1 Å². The highest BCUT2D eigenvalue weighted by Crippen LogP contribution is 2.12. The summed E-state index contributed by atoms with van der Waals surface area (Å²) in [5, 5.41) is 21.1. The minimum absolute atomic E-state index is 0.277. The van der Waals surface area contributed by atoms with Gasteiger partial charge in [-0.05, 0) is 44.0 Å². The number of thiazole rings is 1. The van der Waals surface area contributed by atoms with Crippen molar-refractivity contribution in [3.8, 4) is 6.07 Å². The predicted molar refractivity (Wildman–Crippen MR) is 127 cm³/mol. The first-order valence-corrected chi connectivity index (χ1v) is 11.6. The zero-order chi connectivity index (χ0) is 23.6. The Kier molecular flexibility index (Phi) is 8.85. The quantitative estimate of drug-likeness (QED) is 0.443. The number of aryl methyl sites for hydroxylation is 1. The molecule has 0 unspecified atom stereocenters. The predicted octanol–water partition coefficient (Wildman–Crippen LogP) is 1.11. The molecule has 0 saturated carbocycles. The minimum atomic E-state index is -1.38. The Balaban J connectivity index is 1.75. The van der Waals surface area contributed by atoms with Crippen LogP contribution in [0.5, 0.6) is 0 Å². The Bertz CT molecular complexity index is 1280. The van der Waals surface area contributed by atoms with Gasteiger partial charge in [-0.2, -0.15) is 5.26 Å². The van der Waals surface area contributed by atoms with Crippen molar-refractivity contribution in [2.24, 2.45) is 0 Å². The smallest absolute Gasteiger partial charge is 0.354 e. The number of rotatable bonds is 8. The highest BCUT2D eigenvalue weighted by Gasteiger charge is 2.09. The summed E-state index contributed by atoms with van der Waals surface area (Å²) in [7, 11) is 0. The van der Waals surface area contributed by atoms with Crippen LogP contribution in [-0.4, -0.2) is 53.4 Å². The average molecular weight is 467 g/mol. The number of anilines is 1. The topological polar surface area (TPSA) is 108 Å². The van der Waals surface area contributed by atoms with Gasteiger partial charge < -0.3 is 15.2 Å². The maximum absolute atomic E-state index is 12.6. The second-order valence-electron chi connectivity index (χ2n) is 7.39. The number of carboxylic acids is 1. The van der Waals surface area contributed by atoms with Crippen molar-refractivity contribution in [2.75, 3.05) is 38.2 Å². The fourth-order valence-electron chi connectivity index (χ4n) is 3.45. The van der Waals surface area contributed by atoms with Gasteiger partial charge in [0.25, 0.3) is 5.56 Å². The lowest BCUT2D eigenvalue weighted by Gasteiger charge is -2.26. The Labute approximate surface area is 195 Å². The van der Waals surface area contributed by atoms with E-state index >= 15 is 0 Å². The largest absolute Gasteiger partial charge is 0.477 e. The summed E-state index contributed by atoms with van der Waals surface area (Å²) in [5.74, 6) is -1.38. The molecule has 1 aromatic heterocycles. The number of ether oxygens (including phenoxy) is 1. The van der Waals surface area contributed by atoms with Crippen molar-refractivity contribution >= 4 is 34.5 Å². The summed E-state index contributed by atoms with van der Waals surface area (Å²) < 4.78 is 7.33. The number of nitrogens with zero attached hydrogens (tertiary/aromatic N) is 3. The third kappa shape index (κ3) is 6.80. The summed E-state index contributed by atoms with van der Waals surface area (Å²) in [6, 6.07) is 9.68. The maximum Gasteiger partial charge on any atom is 0.354 e. The van der Waals surface area contributed by atoms with Gasteiger partial charge in [-0.3, -0.25) is 14.3 Å². The van der Waals surface area contributed by atoms with Gasteiger partial charge in [-0.15, -0.1) is 0 Å². The number of aromatic nitrogens is 1.